The van der Waals surface area contributed by atoms with Gasteiger partial charge in [0, 0.05) is 6.54 Å². The molecular formula is C19H29NO2. The van der Waals surface area contributed by atoms with Crippen molar-refractivity contribution in [2.24, 2.45) is 5.92 Å². The minimum Gasteiger partial charge on any atom is -0.493 e. The van der Waals surface area contributed by atoms with Crippen LogP contribution in [0.5, 0.6) is 5.75 Å². The molecule has 1 saturated heterocycles. The second-order valence-corrected chi connectivity index (χ2v) is 6.69. The number of aryl methyl sites for hydroxylation is 2. The minimum atomic E-state index is 0.184. The summed E-state index contributed by atoms with van der Waals surface area (Å²) in [7, 11) is 0. The predicted molar refractivity (Wildman–Crippen MR) is 90.9 cm³/mol. The first-order valence-corrected chi connectivity index (χ1v) is 8.50. The van der Waals surface area contributed by atoms with E-state index >= 15 is 0 Å². The average Bonchev–Trinajstić information content (AvgIpc) is 2.48. The topological polar surface area (TPSA) is 29.5 Å². The number of hydrogen-bond donors (Lipinski definition) is 0. The number of ketones is 1. The van der Waals surface area contributed by atoms with Crippen molar-refractivity contribution in [3.63, 3.8) is 0 Å². The maximum Gasteiger partial charge on any atom is 0.180 e. The van der Waals surface area contributed by atoms with Crippen LogP contribution in [0, 0.1) is 19.8 Å². The smallest absolute Gasteiger partial charge is 0.180 e. The Morgan fingerprint density at radius 1 is 1.32 bits per heavy atom. The lowest BCUT2D eigenvalue weighted by Gasteiger charge is -2.30. The van der Waals surface area contributed by atoms with Gasteiger partial charge in [0.15, 0.2) is 5.78 Å². The van der Waals surface area contributed by atoms with Crippen molar-refractivity contribution in [1.29, 1.82) is 0 Å². The van der Waals surface area contributed by atoms with Crippen LogP contribution in [-0.2, 0) is 0 Å². The summed E-state index contributed by atoms with van der Waals surface area (Å²) >= 11 is 0. The van der Waals surface area contributed by atoms with Gasteiger partial charge in [-0.1, -0.05) is 13.8 Å². The van der Waals surface area contributed by atoms with Crippen molar-refractivity contribution < 1.29 is 9.53 Å². The number of ether oxygens (including phenoxy) is 1. The molecule has 1 aliphatic heterocycles. The fourth-order valence-electron chi connectivity index (χ4n) is 3.06. The molecule has 1 unspecified atom stereocenters. The van der Waals surface area contributed by atoms with Crippen molar-refractivity contribution in [1.82, 2.24) is 4.90 Å². The highest BCUT2D eigenvalue weighted by molar-refractivity contribution is 6.00. The quantitative estimate of drug-likeness (QED) is 0.744. The summed E-state index contributed by atoms with van der Waals surface area (Å²) in [6.07, 6.45) is 3.42. The Labute approximate surface area is 134 Å². The number of rotatable bonds is 6. The average molecular weight is 303 g/mol. The highest BCUT2D eigenvalue weighted by atomic mass is 16.5. The van der Waals surface area contributed by atoms with Gasteiger partial charge in [-0.3, -0.25) is 9.69 Å². The van der Waals surface area contributed by atoms with Gasteiger partial charge in [0.1, 0.15) is 5.75 Å². The molecule has 1 heterocycles. The number of nitrogens with zero attached hydrogens (tertiary/aromatic N) is 1. The van der Waals surface area contributed by atoms with Crippen LogP contribution in [0.1, 0.15) is 54.6 Å². The predicted octanol–water partition coefficient (Wildman–Crippen LogP) is 4.01. The van der Waals surface area contributed by atoms with Crippen molar-refractivity contribution in [3.8, 4) is 5.75 Å². The van der Waals surface area contributed by atoms with Crippen molar-refractivity contribution in [2.45, 2.75) is 47.0 Å². The maximum absolute atomic E-state index is 12.7. The van der Waals surface area contributed by atoms with Gasteiger partial charge in [-0.2, -0.15) is 0 Å². The maximum atomic E-state index is 12.7. The molecule has 1 atom stereocenters. The van der Waals surface area contributed by atoms with Gasteiger partial charge >= 0.3 is 0 Å². The molecule has 1 aliphatic rings. The molecule has 3 nitrogen and oxygen atoms in total. The number of carbonyl (C=O) groups is 1. The van der Waals surface area contributed by atoms with Crippen molar-refractivity contribution in [2.75, 3.05) is 26.2 Å². The van der Waals surface area contributed by atoms with Gasteiger partial charge in [0.2, 0.25) is 0 Å². The summed E-state index contributed by atoms with van der Waals surface area (Å²) in [5.41, 5.74) is 3.07. The van der Waals surface area contributed by atoms with Crippen molar-refractivity contribution in [3.05, 3.63) is 28.8 Å². The fourth-order valence-corrected chi connectivity index (χ4v) is 3.06. The van der Waals surface area contributed by atoms with E-state index in [2.05, 4.69) is 32.6 Å². The molecule has 0 amide bonds. The second-order valence-electron chi connectivity index (χ2n) is 6.69. The highest BCUT2D eigenvalue weighted by Gasteiger charge is 2.21. The summed E-state index contributed by atoms with van der Waals surface area (Å²) < 4.78 is 5.81. The van der Waals surface area contributed by atoms with Crippen LogP contribution in [0.4, 0.5) is 0 Å². The number of benzene rings is 1. The molecule has 0 saturated carbocycles. The molecule has 1 aromatic rings. The molecule has 122 valence electrons. The molecular weight excluding hydrogens is 274 g/mol. The zero-order chi connectivity index (χ0) is 16.1. The van der Waals surface area contributed by atoms with Gasteiger partial charge in [-0.15, -0.1) is 0 Å². The minimum absolute atomic E-state index is 0.184. The third-order valence-electron chi connectivity index (χ3n) is 4.47. The standard InChI is InChI=1S/C19H29NO2/c1-5-9-22-19-11-16(4)15(3)10-17(19)18(21)13-20-8-6-7-14(2)12-20/h10-11,14H,5-9,12-13H2,1-4H3. The molecule has 1 aromatic carbocycles. The normalized spacial score (nSPS) is 19.2. The van der Waals surface area contributed by atoms with Crippen molar-refractivity contribution >= 4 is 5.78 Å². The summed E-state index contributed by atoms with van der Waals surface area (Å²) in [4.78, 5) is 15.0. The zero-order valence-corrected chi connectivity index (χ0v) is 14.4. The van der Waals surface area contributed by atoms with Crippen LogP contribution in [-0.4, -0.2) is 36.9 Å². The van der Waals surface area contributed by atoms with E-state index in [0.717, 1.165) is 36.4 Å². The number of piperidine rings is 1. The third kappa shape index (κ3) is 4.33. The first kappa shape index (κ1) is 17.0. The Bertz CT molecular complexity index is 524. The largest absolute Gasteiger partial charge is 0.493 e. The van der Waals surface area contributed by atoms with E-state index in [1.165, 1.54) is 18.4 Å². The molecule has 1 fully saturated rings. The van der Waals surface area contributed by atoms with Crippen LogP contribution in [0.15, 0.2) is 12.1 Å². The van der Waals surface area contributed by atoms with Crippen LogP contribution in [0.3, 0.4) is 0 Å². The Balaban J connectivity index is 2.14. The van der Waals surface area contributed by atoms with E-state index in [9.17, 15) is 4.79 Å². The number of hydrogen-bond acceptors (Lipinski definition) is 3. The SMILES string of the molecule is CCCOc1cc(C)c(C)cc1C(=O)CN1CCCC(C)C1. The molecule has 0 aromatic heterocycles. The fraction of sp³-hybridized carbons (Fsp3) is 0.632. The Morgan fingerprint density at radius 3 is 2.73 bits per heavy atom. The van der Waals surface area contributed by atoms with E-state index in [4.69, 9.17) is 4.74 Å². The lowest BCUT2D eigenvalue weighted by molar-refractivity contribution is 0.0889. The second kappa shape index (κ2) is 7.77. The lowest BCUT2D eigenvalue weighted by atomic mass is 9.98. The summed E-state index contributed by atoms with van der Waals surface area (Å²) in [6.45, 7) is 11.7. The lowest BCUT2D eigenvalue weighted by Crippen LogP contribution is -2.38. The van der Waals surface area contributed by atoms with E-state index in [0.29, 0.717) is 19.1 Å². The number of Topliss-reactive ketones (excluding diaryl/α,β-unsaturated/α-hetero) is 1. The summed E-state index contributed by atoms with van der Waals surface area (Å²) in [5, 5.41) is 0. The van der Waals surface area contributed by atoms with Gasteiger partial charge in [0.25, 0.3) is 0 Å². The highest BCUT2D eigenvalue weighted by Crippen LogP contribution is 2.25. The van der Waals surface area contributed by atoms with E-state index in [1.807, 2.05) is 12.1 Å². The Hall–Kier alpha value is -1.35. The number of likely N-dealkylation sites (tertiary alicyclic amines) is 1. The molecule has 0 radical (unpaired) electrons. The Kier molecular flexibility index (Phi) is 6.01. The first-order valence-electron chi connectivity index (χ1n) is 8.50. The molecule has 2 rings (SSSR count). The number of carbonyl (C=O) groups excluding carboxylic acids is 1. The monoisotopic (exact) mass is 303 g/mol. The molecule has 0 aliphatic carbocycles. The molecule has 0 N–H and O–H groups in total. The van der Waals surface area contributed by atoms with E-state index in [1.54, 1.807) is 0 Å². The first-order chi connectivity index (χ1) is 10.5. The molecule has 3 heteroatoms. The molecule has 22 heavy (non-hydrogen) atoms. The van der Waals surface area contributed by atoms with Gasteiger partial charge < -0.3 is 4.74 Å². The van der Waals surface area contributed by atoms with Crippen LogP contribution in [0.2, 0.25) is 0 Å². The van der Waals surface area contributed by atoms with Gasteiger partial charge in [0.05, 0.1) is 18.7 Å². The third-order valence-corrected chi connectivity index (χ3v) is 4.47. The Morgan fingerprint density at radius 2 is 2.05 bits per heavy atom. The van der Waals surface area contributed by atoms with E-state index in [-0.39, 0.29) is 5.78 Å². The zero-order valence-electron chi connectivity index (χ0n) is 14.4. The van der Waals surface area contributed by atoms with Gasteiger partial charge in [-0.25, -0.2) is 0 Å². The van der Waals surface area contributed by atoms with Crippen LogP contribution < -0.4 is 4.74 Å². The summed E-state index contributed by atoms with van der Waals surface area (Å²) in [5.74, 6) is 1.63. The van der Waals surface area contributed by atoms with Crippen LogP contribution >= 0.6 is 0 Å². The van der Waals surface area contributed by atoms with Crippen LogP contribution in [0.25, 0.3) is 0 Å². The summed E-state index contributed by atoms with van der Waals surface area (Å²) in [6, 6.07) is 4.01. The molecule has 0 spiro atoms. The van der Waals surface area contributed by atoms with Gasteiger partial charge in [-0.05, 0) is 68.8 Å². The van der Waals surface area contributed by atoms with E-state index < -0.39 is 0 Å². The molecule has 0 bridgehead atoms.